The predicted molar refractivity (Wildman–Crippen MR) is 95.4 cm³/mol. The Morgan fingerprint density at radius 1 is 1.27 bits per heavy atom. The molecule has 0 amide bonds. The Hall–Kier alpha value is -3.38. The lowest BCUT2D eigenvalue weighted by Crippen LogP contribution is -2.07. The van der Waals surface area contributed by atoms with Gasteiger partial charge in [0.15, 0.2) is 5.78 Å². The van der Waals surface area contributed by atoms with Crippen molar-refractivity contribution in [1.82, 2.24) is 20.6 Å². The normalized spacial score (nSPS) is 11.0. The van der Waals surface area contributed by atoms with E-state index >= 15 is 0 Å². The van der Waals surface area contributed by atoms with E-state index in [0.717, 1.165) is 0 Å². The molecule has 0 atom stereocenters. The van der Waals surface area contributed by atoms with Crippen LogP contribution in [0.3, 0.4) is 0 Å². The number of carbonyl (C=O) groups is 1. The molecule has 3 aromatic rings. The van der Waals surface area contributed by atoms with E-state index in [-0.39, 0.29) is 22.5 Å². The van der Waals surface area contributed by atoms with Crippen molar-refractivity contribution in [3.8, 4) is 6.07 Å². The number of halogens is 2. The summed E-state index contributed by atoms with van der Waals surface area (Å²) >= 11 is 3.31. The van der Waals surface area contributed by atoms with E-state index < -0.39 is 11.6 Å². The second kappa shape index (κ2) is 7.67. The number of aromatic nitrogens is 4. The maximum atomic E-state index is 14.0. The molecule has 128 valence electrons. The molecule has 1 aromatic heterocycles. The maximum Gasteiger partial charge on any atom is 0.216 e. The Kier molecular flexibility index (Phi) is 5.15. The summed E-state index contributed by atoms with van der Waals surface area (Å²) in [5.74, 6) is -0.985. The van der Waals surface area contributed by atoms with Crippen LogP contribution in [0, 0.1) is 17.1 Å². The Morgan fingerprint density at radius 3 is 2.77 bits per heavy atom. The highest BCUT2D eigenvalue weighted by Gasteiger charge is 2.17. The lowest BCUT2D eigenvalue weighted by Gasteiger charge is -2.10. The maximum absolute atomic E-state index is 14.0. The number of carbonyl (C=O) groups excluding carboxylic acids is 1. The first-order valence-electron chi connectivity index (χ1n) is 7.29. The first kappa shape index (κ1) is 17.4. The molecule has 0 unspecified atom stereocenters. The molecule has 0 saturated carbocycles. The van der Waals surface area contributed by atoms with Crippen molar-refractivity contribution < 1.29 is 9.18 Å². The molecule has 0 radical (unpaired) electrons. The zero-order valence-electron chi connectivity index (χ0n) is 13.1. The van der Waals surface area contributed by atoms with Crippen LogP contribution in [0.2, 0.25) is 0 Å². The van der Waals surface area contributed by atoms with Gasteiger partial charge in [0.05, 0.1) is 5.56 Å². The molecule has 0 spiro atoms. The second-order valence-corrected chi connectivity index (χ2v) is 5.96. The van der Waals surface area contributed by atoms with Crippen LogP contribution >= 0.6 is 15.9 Å². The Morgan fingerprint density at radius 2 is 2.08 bits per heavy atom. The molecule has 0 fully saturated rings. The smallest absolute Gasteiger partial charge is 0.216 e. The molecule has 2 N–H and O–H groups in total. The quantitative estimate of drug-likeness (QED) is 0.491. The number of rotatable bonds is 5. The van der Waals surface area contributed by atoms with Gasteiger partial charge < -0.3 is 5.32 Å². The lowest BCUT2D eigenvalue weighted by atomic mass is 10.0. The summed E-state index contributed by atoms with van der Waals surface area (Å²) in [5, 5.41) is 25.2. The average molecular weight is 413 g/mol. The van der Waals surface area contributed by atoms with Crippen LogP contribution in [0.5, 0.6) is 0 Å². The predicted octanol–water partition coefficient (Wildman–Crippen LogP) is 3.31. The van der Waals surface area contributed by atoms with Gasteiger partial charge in [0, 0.05) is 21.9 Å². The summed E-state index contributed by atoms with van der Waals surface area (Å²) in [6.07, 6.45) is 1.35. The molecule has 0 aliphatic rings. The van der Waals surface area contributed by atoms with Crippen LogP contribution in [0.25, 0.3) is 5.57 Å². The summed E-state index contributed by atoms with van der Waals surface area (Å²) in [7, 11) is 0. The van der Waals surface area contributed by atoms with Crippen LogP contribution in [0.15, 0.2) is 53.1 Å². The number of nitrogens with one attached hydrogen (secondary N) is 2. The molecule has 26 heavy (non-hydrogen) atoms. The standard InChI is InChI=1S/C17H10BrFN6O/c18-11-5-6-15(21-9-10(8-20)17-22-24-25-23-17)13(7-11)16(26)12-3-1-2-4-14(12)19/h1-7,9,21H,(H,22,23,24,25). The van der Waals surface area contributed by atoms with E-state index in [4.69, 9.17) is 0 Å². The Balaban J connectivity index is 1.98. The third-order valence-corrected chi connectivity index (χ3v) is 3.92. The molecular weight excluding hydrogens is 403 g/mol. The van der Waals surface area contributed by atoms with Crippen LogP contribution in [-0.4, -0.2) is 26.4 Å². The van der Waals surface area contributed by atoms with Crippen molar-refractivity contribution in [2.75, 3.05) is 5.32 Å². The van der Waals surface area contributed by atoms with E-state index in [1.54, 1.807) is 24.3 Å². The number of nitriles is 1. The van der Waals surface area contributed by atoms with Gasteiger partial charge >= 0.3 is 0 Å². The van der Waals surface area contributed by atoms with Gasteiger partial charge in [-0.25, -0.2) is 4.39 Å². The molecule has 0 saturated heterocycles. The number of aromatic amines is 1. The molecule has 0 aliphatic heterocycles. The van der Waals surface area contributed by atoms with Crippen LogP contribution < -0.4 is 5.32 Å². The fourth-order valence-electron chi connectivity index (χ4n) is 2.19. The SMILES string of the molecule is N#CC(=CNc1ccc(Br)cc1C(=O)c1ccccc1F)c1nn[nH]n1. The largest absolute Gasteiger partial charge is 0.360 e. The van der Waals surface area contributed by atoms with Gasteiger partial charge in [0.2, 0.25) is 5.82 Å². The summed E-state index contributed by atoms with van der Waals surface area (Å²) < 4.78 is 14.6. The van der Waals surface area contributed by atoms with Gasteiger partial charge in [-0.05, 0) is 35.5 Å². The van der Waals surface area contributed by atoms with Gasteiger partial charge in [-0.15, -0.1) is 10.2 Å². The summed E-state index contributed by atoms with van der Waals surface area (Å²) in [5.41, 5.74) is 0.714. The van der Waals surface area contributed by atoms with Crippen LogP contribution in [-0.2, 0) is 0 Å². The van der Waals surface area contributed by atoms with Crippen LogP contribution in [0.4, 0.5) is 10.1 Å². The van der Waals surface area contributed by atoms with Crippen molar-refractivity contribution >= 4 is 33.0 Å². The molecule has 7 nitrogen and oxygen atoms in total. The van der Waals surface area contributed by atoms with Crippen molar-refractivity contribution in [2.24, 2.45) is 0 Å². The number of hydrogen-bond acceptors (Lipinski definition) is 6. The molecule has 0 bridgehead atoms. The number of allylic oxidation sites excluding steroid dienone is 1. The zero-order chi connectivity index (χ0) is 18.5. The molecule has 2 aromatic carbocycles. The van der Waals surface area contributed by atoms with Gasteiger partial charge in [0.25, 0.3) is 0 Å². The number of anilines is 1. The highest BCUT2D eigenvalue weighted by atomic mass is 79.9. The minimum atomic E-state index is -0.608. The van der Waals surface area contributed by atoms with E-state index in [2.05, 4.69) is 41.9 Å². The zero-order valence-corrected chi connectivity index (χ0v) is 14.7. The highest BCUT2D eigenvalue weighted by Crippen LogP contribution is 2.25. The number of nitrogens with zero attached hydrogens (tertiary/aromatic N) is 4. The van der Waals surface area contributed by atoms with Crippen molar-refractivity contribution in [2.45, 2.75) is 0 Å². The Bertz CT molecular complexity index is 1030. The van der Waals surface area contributed by atoms with Crippen molar-refractivity contribution in [3.05, 3.63) is 75.9 Å². The highest BCUT2D eigenvalue weighted by molar-refractivity contribution is 9.10. The van der Waals surface area contributed by atoms with Gasteiger partial charge in [-0.3, -0.25) is 4.79 Å². The topological polar surface area (TPSA) is 107 Å². The first-order valence-corrected chi connectivity index (χ1v) is 8.09. The third kappa shape index (κ3) is 3.65. The van der Waals surface area contributed by atoms with Gasteiger partial charge in [0.1, 0.15) is 17.5 Å². The molecular formula is C17H10BrFN6O. The fourth-order valence-corrected chi connectivity index (χ4v) is 2.55. The number of benzene rings is 2. The minimum Gasteiger partial charge on any atom is -0.360 e. The Labute approximate surface area is 155 Å². The summed E-state index contributed by atoms with van der Waals surface area (Å²) in [4.78, 5) is 12.8. The minimum absolute atomic E-state index is 0.0451. The molecule has 0 aliphatic carbocycles. The average Bonchev–Trinajstić information content (AvgIpc) is 3.17. The van der Waals surface area contributed by atoms with E-state index in [1.165, 1.54) is 24.4 Å². The van der Waals surface area contributed by atoms with Gasteiger partial charge in [-0.2, -0.15) is 10.5 Å². The monoisotopic (exact) mass is 412 g/mol. The number of ketones is 1. The molecule has 9 heteroatoms. The second-order valence-electron chi connectivity index (χ2n) is 5.05. The number of hydrogen-bond donors (Lipinski definition) is 2. The van der Waals surface area contributed by atoms with Crippen LogP contribution in [0.1, 0.15) is 21.7 Å². The lowest BCUT2D eigenvalue weighted by molar-refractivity contribution is 0.103. The van der Waals surface area contributed by atoms with E-state index in [1.807, 2.05) is 6.07 Å². The summed E-state index contributed by atoms with van der Waals surface area (Å²) in [6, 6.07) is 12.6. The van der Waals surface area contributed by atoms with Gasteiger partial charge in [-0.1, -0.05) is 28.1 Å². The summed E-state index contributed by atoms with van der Waals surface area (Å²) in [6.45, 7) is 0. The number of tetrazole rings is 1. The van der Waals surface area contributed by atoms with Crippen molar-refractivity contribution in [1.29, 1.82) is 5.26 Å². The number of H-pyrrole nitrogens is 1. The first-order chi connectivity index (χ1) is 12.6. The van der Waals surface area contributed by atoms with E-state index in [0.29, 0.717) is 10.2 Å². The van der Waals surface area contributed by atoms with E-state index in [9.17, 15) is 14.4 Å². The van der Waals surface area contributed by atoms with Crippen molar-refractivity contribution in [3.63, 3.8) is 0 Å². The molecule has 3 rings (SSSR count). The fraction of sp³-hybridized carbons (Fsp3) is 0. The molecule has 1 heterocycles. The third-order valence-electron chi connectivity index (χ3n) is 3.42.